The van der Waals surface area contributed by atoms with Crippen LogP contribution < -0.4 is 0 Å². The highest BCUT2D eigenvalue weighted by Gasteiger charge is 2.48. The Morgan fingerprint density at radius 3 is 2.59 bits per heavy atom. The predicted octanol–water partition coefficient (Wildman–Crippen LogP) is -0.991. The van der Waals surface area contributed by atoms with Crippen LogP contribution in [0.1, 0.15) is 6.42 Å². The summed E-state index contributed by atoms with van der Waals surface area (Å²) in [5.41, 5.74) is -0.990. The van der Waals surface area contributed by atoms with Crippen LogP contribution >= 0.6 is 0 Å². The molecule has 0 spiro atoms. The molecule has 2 aliphatic rings. The van der Waals surface area contributed by atoms with Gasteiger partial charge in [0.05, 0.1) is 20.3 Å². The molecule has 1 unspecified atom stereocenters. The van der Waals surface area contributed by atoms with Crippen molar-refractivity contribution < 1.29 is 29.0 Å². The number of carbonyl (C=O) groups is 3. The molecule has 0 aromatic carbocycles. The van der Waals surface area contributed by atoms with E-state index in [1.807, 2.05) is 0 Å². The van der Waals surface area contributed by atoms with Gasteiger partial charge in [0.1, 0.15) is 5.76 Å². The third-order valence-corrected chi connectivity index (χ3v) is 3.92. The van der Waals surface area contributed by atoms with E-state index in [0.29, 0.717) is 11.5 Å². The second-order valence-corrected chi connectivity index (χ2v) is 5.11. The lowest BCUT2D eigenvalue weighted by molar-refractivity contribution is -0.149. The molecule has 2 heterocycles. The van der Waals surface area contributed by atoms with Crippen LogP contribution in [-0.2, 0) is 23.9 Å². The third kappa shape index (κ3) is 2.51. The molecule has 8 heteroatoms. The van der Waals surface area contributed by atoms with E-state index < -0.39 is 29.9 Å². The molecule has 1 N–H and O–H groups in total. The number of hydrogen-bond donors (Lipinski definition) is 1. The normalized spacial score (nSPS) is 26.9. The molecule has 1 fully saturated rings. The zero-order valence-electron chi connectivity index (χ0n) is 12.7. The number of likely N-dealkylation sites (tertiary alicyclic amines) is 1. The monoisotopic (exact) mass is 310 g/mol. The number of hydrogen-bond acceptors (Lipinski definition) is 6. The standard InChI is InChI=1S/C14H18N2O6/c1-15-9(6-14(8-17,22-3)13(15)20)4-11(18)16-7-10(21-2)5-12(16)19/h4-5,17H,6-8H2,1-3H3. The van der Waals surface area contributed by atoms with E-state index >= 15 is 0 Å². The van der Waals surface area contributed by atoms with Crippen molar-refractivity contribution in [2.45, 2.75) is 12.0 Å². The average molecular weight is 310 g/mol. The molecule has 0 aromatic rings. The van der Waals surface area contributed by atoms with Gasteiger partial charge in [-0.3, -0.25) is 19.3 Å². The summed E-state index contributed by atoms with van der Waals surface area (Å²) in [5, 5.41) is 9.40. The Balaban J connectivity index is 2.19. The van der Waals surface area contributed by atoms with Crippen LogP contribution in [0, 0.1) is 0 Å². The maximum Gasteiger partial charge on any atom is 0.261 e. The predicted molar refractivity (Wildman–Crippen MR) is 74.1 cm³/mol. The molecule has 3 amide bonds. The highest BCUT2D eigenvalue weighted by atomic mass is 16.5. The van der Waals surface area contributed by atoms with Gasteiger partial charge in [0, 0.05) is 38.4 Å². The smallest absolute Gasteiger partial charge is 0.261 e. The summed E-state index contributed by atoms with van der Waals surface area (Å²) >= 11 is 0. The first-order chi connectivity index (χ1) is 10.4. The van der Waals surface area contributed by atoms with Gasteiger partial charge in [-0.15, -0.1) is 0 Å². The SMILES string of the molecule is COC1=CC(=O)N(C(=O)C=C2CC(CO)(OC)C(=O)N2C)C1. The van der Waals surface area contributed by atoms with Crippen molar-refractivity contribution in [3.63, 3.8) is 0 Å². The van der Waals surface area contributed by atoms with Crippen LogP contribution in [0.2, 0.25) is 0 Å². The number of aliphatic hydroxyl groups excluding tert-OH is 1. The Kier molecular flexibility index (Phi) is 4.34. The number of rotatable bonds is 4. The van der Waals surface area contributed by atoms with Crippen molar-refractivity contribution >= 4 is 17.7 Å². The second-order valence-electron chi connectivity index (χ2n) is 5.11. The summed E-state index contributed by atoms with van der Waals surface area (Å²) in [5.74, 6) is -1.05. The first kappa shape index (κ1) is 16.2. The molecular formula is C14H18N2O6. The van der Waals surface area contributed by atoms with Crippen LogP contribution in [0.4, 0.5) is 0 Å². The highest BCUT2D eigenvalue weighted by molar-refractivity contribution is 6.07. The van der Waals surface area contributed by atoms with Crippen molar-refractivity contribution in [3.05, 3.63) is 23.6 Å². The number of likely N-dealkylation sites (N-methyl/N-ethyl adjacent to an activating group) is 1. The van der Waals surface area contributed by atoms with E-state index in [9.17, 15) is 19.5 Å². The van der Waals surface area contributed by atoms with Gasteiger partial charge >= 0.3 is 0 Å². The van der Waals surface area contributed by atoms with Gasteiger partial charge in [-0.2, -0.15) is 0 Å². The van der Waals surface area contributed by atoms with Crippen LogP contribution in [0.5, 0.6) is 0 Å². The fourth-order valence-corrected chi connectivity index (χ4v) is 2.44. The largest absolute Gasteiger partial charge is 0.499 e. The summed E-state index contributed by atoms with van der Waals surface area (Å²) in [6.45, 7) is -0.429. The third-order valence-electron chi connectivity index (χ3n) is 3.92. The molecule has 1 atom stereocenters. The Morgan fingerprint density at radius 1 is 1.45 bits per heavy atom. The first-order valence-electron chi connectivity index (χ1n) is 6.63. The van der Waals surface area contributed by atoms with Crippen molar-refractivity contribution in [1.82, 2.24) is 9.80 Å². The number of carbonyl (C=O) groups excluding carboxylic acids is 3. The Hall–Kier alpha value is -2.19. The van der Waals surface area contributed by atoms with Crippen molar-refractivity contribution in [3.8, 4) is 0 Å². The van der Waals surface area contributed by atoms with E-state index in [0.717, 1.165) is 4.90 Å². The van der Waals surface area contributed by atoms with E-state index in [1.54, 1.807) is 0 Å². The van der Waals surface area contributed by atoms with Crippen LogP contribution in [0.15, 0.2) is 23.6 Å². The van der Waals surface area contributed by atoms with E-state index in [-0.39, 0.29) is 13.0 Å². The van der Waals surface area contributed by atoms with Crippen molar-refractivity contribution in [1.29, 1.82) is 0 Å². The fourth-order valence-electron chi connectivity index (χ4n) is 2.44. The van der Waals surface area contributed by atoms with E-state index in [1.165, 1.54) is 38.3 Å². The van der Waals surface area contributed by atoms with Gasteiger partial charge in [-0.25, -0.2) is 0 Å². The lowest BCUT2D eigenvalue weighted by atomic mass is 10.0. The van der Waals surface area contributed by atoms with Crippen LogP contribution in [-0.4, -0.2) is 72.6 Å². The first-order valence-corrected chi connectivity index (χ1v) is 6.63. The number of nitrogens with zero attached hydrogens (tertiary/aromatic N) is 2. The van der Waals surface area contributed by atoms with Gasteiger partial charge in [0.25, 0.3) is 17.7 Å². The van der Waals surface area contributed by atoms with E-state index in [2.05, 4.69) is 0 Å². The van der Waals surface area contributed by atoms with Gasteiger partial charge in [-0.05, 0) is 0 Å². The fraction of sp³-hybridized carbons (Fsp3) is 0.500. The maximum atomic E-state index is 12.2. The van der Waals surface area contributed by atoms with Gasteiger partial charge in [0.15, 0.2) is 5.60 Å². The Labute approximate surface area is 127 Å². The zero-order chi connectivity index (χ0) is 16.5. The van der Waals surface area contributed by atoms with Crippen LogP contribution in [0.3, 0.4) is 0 Å². The molecule has 0 saturated carbocycles. The summed E-state index contributed by atoms with van der Waals surface area (Å²) in [6, 6.07) is 0. The summed E-state index contributed by atoms with van der Waals surface area (Å²) in [6.07, 6.45) is 2.51. The minimum Gasteiger partial charge on any atom is -0.499 e. The molecule has 2 aliphatic heterocycles. The number of methoxy groups -OCH3 is 2. The molecule has 0 aliphatic carbocycles. The number of imide groups is 1. The summed E-state index contributed by atoms with van der Waals surface area (Å²) < 4.78 is 10.1. The molecule has 8 nitrogen and oxygen atoms in total. The maximum absolute atomic E-state index is 12.2. The molecule has 0 aromatic heterocycles. The average Bonchev–Trinajstić information content (AvgIpc) is 3.00. The number of amides is 3. The lowest BCUT2D eigenvalue weighted by Gasteiger charge is -2.21. The molecule has 2 rings (SSSR count). The van der Waals surface area contributed by atoms with Crippen molar-refractivity contribution in [2.75, 3.05) is 34.4 Å². The molecule has 1 saturated heterocycles. The van der Waals surface area contributed by atoms with Crippen molar-refractivity contribution in [2.24, 2.45) is 0 Å². The Bertz CT molecular complexity index is 576. The van der Waals surface area contributed by atoms with Gasteiger partial charge < -0.3 is 19.5 Å². The molecule has 0 bridgehead atoms. The Morgan fingerprint density at radius 2 is 2.14 bits per heavy atom. The quantitative estimate of drug-likeness (QED) is 0.670. The van der Waals surface area contributed by atoms with Gasteiger partial charge in [-0.1, -0.05) is 0 Å². The van der Waals surface area contributed by atoms with Gasteiger partial charge in [0.2, 0.25) is 0 Å². The molecule has 0 radical (unpaired) electrons. The summed E-state index contributed by atoms with van der Waals surface area (Å²) in [7, 11) is 4.23. The van der Waals surface area contributed by atoms with Crippen LogP contribution in [0.25, 0.3) is 0 Å². The number of ether oxygens (including phenoxy) is 2. The molecule has 120 valence electrons. The lowest BCUT2D eigenvalue weighted by Crippen LogP contribution is -2.43. The second kappa shape index (κ2) is 5.90. The van der Waals surface area contributed by atoms with E-state index in [4.69, 9.17) is 9.47 Å². The topological polar surface area (TPSA) is 96.4 Å². The highest BCUT2D eigenvalue weighted by Crippen LogP contribution is 2.32. The minimum absolute atomic E-state index is 0.0605. The molecule has 22 heavy (non-hydrogen) atoms. The number of aliphatic hydroxyl groups is 1. The molecular weight excluding hydrogens is 292 g/mol. The minimum atomic E-state index is -1.37. The summed E-state index contributed by atoms with van der Waals surface area (Å²) in [4.78, 5) is 38.3. The zero-order valence-corrected chi connectivity index (χ0v) is 12.7.